The molecule has 7 nitrogen and oxygen atoms in total. The fourth-order valence-corrected chi connectivity index (χ4v) is 5.91. The molecule has 0 spiro atoms. The average Bonchev–Trinajstić information content (AvgIpc) is 3.10. The lowest BCUT2D eigenvalue weighted by Crippen LogP contribution is -2.52. The van der Waals surface area contributed by atoms with E-state index >= 15 is 0 Å². The molecule has 1 aromatic carbocycles. The van der Waals surface area contributed by atoms with E-state index in [1.807, 2.05) is 6.07 Å². The number of nitrogens with one attached hydrogen (secondary N) is 2. The molecular weight excluding hydrogens is 392 g/mol. The number of amides is 3. The molecule has 3 atom stereocenters. The number of hydrogen-bond donors (Lipinski definition) is 2. The van der Waals surface area contributed by atoms with Crippen LogP contribution in [0, 0.1) is 5.92 Å². The van der Waals surface area contributed by atoms with Gasteiger partial charge in [-0.1, -0.05) is 18.6 Å². The molecule has 4 aliphatic heterocycles. The van der Waals surface area contributed by atoms with E-state index in [1.54, 1.807) is 4.90 Å². The van der Waals surface area contributed by atoms with E-state index in [4.69, 9.17) is 0 Å². The number of carbonyl (C=O) groups excluding carboxylic acids is 3. The SMILES string of the molecule is O=C1CCC(N2Cc3cc(CN4CCCCC4C4CCCNC4)ccc3C2=O)C(=O)N1. The summed E-state index contributed by atoms with van der Waals surface area (Å²) in [5, 5.41) is 5.95. The summed E-state index contributed by atoms with van der Waals surface area (Å²) < 4.78 is 0. The van der Waals surface area contributed by atoms with Gasteiger partial charge in [-0.25, -0.2) is 0 Å². The molecule has 1 aromatic rings. The predicted octanol–water partition coefficient (Wildman–Crippen LogP) is 1.80. The molecule has 166 valence electrons. The van der Waals surface area contributed by atoms with Crippen LogP contribution in [0.25, 0.3) is 0 Å². The first-order valence-corrected chi connectivity index (χ1v) is 11.8. The topological polar surface area (TPSA) is 81.8 Å². The molecule has 3 saturated heterocycles. The Morgan fingerprint density at radius 2 is 1.94 bits per heavy atom. The second kappa shape index (κ2) is 8.71. The van der Waals surface area contributed by atoms with Crippen LogP contribution in [0.4, 0.5) is 0 Å². The third-order valence-corrected chi connectivity index (χ3v) is 7.52. The van der Waals surface area contributed by atoms with Gasteiger partial charge in [0.15, 0.2) is 0 Å². The summed E-state index contributed by atoms with van der Waals surface area (Å²) in [4.78, 5) is 40.9. The van der Waals surface area contributed by atoms with Crippen molar-refractivity contribution in [2.75, 3.05) is 19.6 Å². The average molecular weight is 425 g/mol. The highest BCUT2D eigenvalue weighted by Crippen LogP contribution is 2.31. The van der Waals surface area contributed by atoms with Crippen LogP contribution in [-0.4, -0.2) is 59.2 Å². The number of carbonyl (C=O) groups is 3. The Morgan fingerprint density at radius 1 is 1.03 bits per heavy atom. The summed E-state index contributed by atoms with van der Waals surface area (Å²) in [7, 11) is 0. The fraction of sp³-hybridized carbons (Fsp3) is 0.625. The summed E-state index contributed by atoms with van der Waals surface area (Å²) in [5.74, 6) is 0.0278. The molecule has 3 fully saturated rings. The van der Waals surface area contributed by atoms with Crippen molar-refractivity contribution in [3.8, 4) is 0 Å². The van der Waals surface area contributed by atoms with Gasteiger partial charge in [0.1, 0.15) is 6.04 Å². The molecular formula is C24H32N4O3. The van der Waals surface area contributed by atoms with Crippen LogP contribution >= 0.6 is 0 Å². The maximum Gasteiger partial charge on any atom is 0.255 e. The quantitative estimate of drug-likeness (QED) is 0.721. The minimum atomic E-state index is -0.550. The molecule has 0 radical (unpaired) electrons. The lowest BCUT2D eigenvalue weighted by Gasteiger charge is -2.42. The Labute approximate surface area is 183 Å². The summed E-state index contributed by atoms with van der Waals surface area (Å²) in [6, 6.07) is 6.25. The van der Waals surface area contributed by atoms with Crippen molar-refractivity contribution < 1.29 is 14.4 Å². The van der Waals surface area contributed by atoms with Gasteiger partial charge in [0.25, 0.3) is 5.91 Å². The number of likely N-dealkylation sites (tertiary alicyclic amines) is 1. The van der Waals surface area contributed by atoms with E-state index in [0.29, 0.717) is 24.6 Å². The van der Waals surface area contributed by atoms with E-state index < -0.39 is 6.04 Å². The van der Waals surface area contributed by atoms with Crippen molar-refractivity contribution in [1.82, 2.24) is 20.4 Å². The van der Waals surface area contributed by atoms with Gasteiger partial charge < -0.3 is 10.2 Å². The van der Waals surface area contributed by atoms with E-state index in [1.165, 1.54) is 37.7 Å². The Morgan fingerprint density at radius 3 is 2.74 bits per heavy atom. The predicted molar refractivity (Wildman–Crippen MR) is 116 cm³/mol. The molecule has 0 saturated carbocycles. The summed E-state index contributed by atoms with van der Waals surface area (Å²) >= 11 is 0. The highest BCUT2D eigenvalue weighted by atomic mass is 16.2. The zero-order valence-electron chi connectivity index (χ0n) is 18.1. The lowest BCUT2D eigenvalue weighted by molar-refractivity contribution is -0.136. The van der Waals surface area contributed by atoms with Crippen LogP contribution in [0.1, 0.15) is 66.4 Å². The molecule has 0 aliphatic carbocycles. The van der Waals surface area contributed by atoms with Crippen LogP contribution in [0.15, 0.2) is 18.2 Å². The molecule has 3 amide bonds. The van der Waals surface area contributed by atoms with Crippen LogP contribution in [0.2, 0.25) is 0 Å². The maximum absolute atomic E-state index is 12.9. The van der Waals surface area contributed by atoms with E-state index in [9.17, 15) is 14.4 Å². The molecule has 3 unspecified atom stereocenters. The number of nitrogens with zero attached hydrogens (tertiary/aromatic N) is 2. The lowest BCUT2D eigenvalue weighted by atomic mass is 9.85. The maximum atomic E-state index is 12.9. The van der Waals surface area contributed by atoms with Crippen molar-refractivity contribution in [1.29, 1.82) is 0 Å². The van der Waals surface area contributed by atoms with Crippen molar-refractivity contribution >= 4 is 17.7 Å². The number of rotatable bonds is 4. The summed E-state index contributed by atoms with van der Waals surface area (Å²) in [6.07, 6.45) is 7.12. The molecule has 0 aromatic heterocycles. The standard InChI is InChI=1S/C24H32N4O3/c29-22-9-8-21(23(30)26-22)28-15-18-12-16(6-7-19(18)24(28)31)14-27-11-2-1-5-20(27)17-4-3-10-25-13-17/h6-7,12,17,20-21,25H,1-5,8-11,13-15H2,(H,26,29,30). The van der Waals surface area contributed by atoms with Gasteiger partial charge in [-0.3, -0.25) is 24.6 Å². The summed E-state index contributed by atoms with van der Waals surface area (Å²) in [5.41, 5.74) is 2.94. The molecule has 31 heavy (non-hydrogen) atoms. The number of imide groups is 1. The first-order valence-electron chi connectivity index (χ1n) is 11.8. The van der Waals surface area contributed by atoms with Gasteiger partial charge in [-0.15, -0.1) is 0 Å². The van der Waals surface area contributed by atoms with Crippen LogP contribution < -0.4 is 10.6 Å². The van der Waals surface area contributed by atoms with Gasteiger partial charge in [0.05, 0.1) is 0 Å². The molecule has 4 aliphatic rings. The fourth-order valence-electron chi connectivity index (χ4n) is 5.91. The van der Waals surface area contributed by atoms with E-state index in [0.717, 1.165) is 37.7 Å². The summed E-state index contributed by atoms with van der Waals surface area (Å²) in [6.45, 7) is 4.78. The highest BCUT2D eigenvalue weighted by Gasteiger charge is 2.39. The highest BCUT2D eigenvalue weighted by molar-refractivity contribution is 6.05. The van der Waals surface area contributed by atoms with Crippen LogP contribution in [-0.2, 0) is 22.7 Å². The number of hydrogen-bond acceptors (Lipinski definition) is 5. The first kappa shape index (κ1) is 20.6. The Balaban J connectivity index is 1.29. The second-order valence-corrected chi connectivity index (χ2v) is 9.53. The number of benzene rings is 1. The molecule has 4 heterocycles. The van der Waals surface area contributed by atoms with Crippen LogP contribution in [0.3, 0.4) is 0 Å². The number of piperidine rings is 3. The zero-order valence-corrected chi connectivity index (χ0v) is 18.1. The molecule has 7 heteroatoms. The molecule has 5 rings (SSSR count). The van der Waals surface area contributed by atoms with E-state index in [-0.39, 0.29) is 24.1 Å². The van der Waals surface area contributed by atoms with Gasteiger partial charge in [-0.05, 0) is 74.8 Å². The molecule has 0 bridgehead atoms. The van der Waals surface area contributed by atoms with Crippen LogP contribution in [0.5, 0.6) is 0 Å². The van der Waals surface area contributed by atoms with Crippen molar-refractivity contribution in [2.24, 2.45) is 5.92 Å². The van der Waals surface area contributed by atoms with Crippen molar-refractivity contribution in [3.05, 3.63) is 34.9 Å². The zero-order chi connectivity index (χ0) is 21.4. The van der Waals surface area contributed by atoms with Gasteiger partial charge in [0.2, 0.25) is 11.8 Å². The third kappa shape index (κ3) is 4.13. The van der Waals surface area contributed by atoms with Gasteiger partial charge in [0, 0.05) is 31.1 Å². The Hall–Kier alpha value is -2.25. The second-order valence-electron chi connectivity index (χ2n) is 9.53. The monoisotopic (exact) mass is 424 g/mol. The van der Waals surface area contributed by atoms with E-state index in [2.05, 4.69) is 27.7 Å². The molecule has 2 N–H and O–H groups in total. The minimum Gasteiger partial charge on any atom is -0.322 e. The Kier molecular flexibility index (Phi) is 5.80. The Bertz CT molecular complexity index is 880. The largest absolute Gasteiger partial charge is 0.322 e. The normalized spacial score (nSPS) is 29.7. The van der Waals surface area contributed by atoms with Crippen molar-refractivity contribution in [3.63, 3.8) is 0 Å². The smallest absolute Gasteiger partial charge is 0.255 e. The number of fused-ring (bicyclic) bond motifs is 1. The third-order valence-electron chi connectivity index (χ3n) is 7.52. The first-order chi connectivity index (χ1) is 15.1. The minimum absolute atomic E-state index is 0.0971. The van der Waals surface area contributed by atoms with Gasteiger partial charge in [-0.2, -0.15) is 0 Å². The van der Waals surface area contributed by atoms with Gasteiger partial charge >= 0.3 is 0 Å². The van der Waals surface area contributed by atoms with Crippen molar-refractivity contribution in [2.45, 2.75) is 70.1 Å².